The van der Waals surface area contributed by atoms with Crippen molar-refractivity contribution in [1.82, 2.24) is 10.2 Å². The third-order valence-electron chi connectivity index (χ3n) is 5.49. The molecule has 1 fully saturated rings. The number of para-hydroxylation sites is 2. The zero-order valence-corrected chi connectivity index (χ0v) is 20.6. The van der Waals surface area contributed by atoms with Crippen LogP contribution in [0.25, 0.3) is 0 Å². The molecule has 1 heterocycles. The highest BCUT2D eigenvalue weighted by Crippen LogP contribution is 2.27. The summed E-state index contributed by atoms with van der Waals surface area (Å²) >= 11 is 5.97. The van der Waals surface area contributed by atoms with Crippen molar-refractivity contribution >= 4 is 44.8 Å². The van der Waals surface area contributed by atoms with Crippen LogP contribution in [0.1, 0.15) is 12.0 Å². The lowest BCUT2D eigenvalue weighted by atomic mass is 10.0. The number of benzene rings is 2. The summed E-state index contributed by atoms with van der Waals surface area (Å²) in [5.74, 6) is -0.434. The summed E-state index contributed by atoms with van der Waals surface area (Å²) in [6, 6.07) is 13.6. The minimum absolute atomic E-state index is 0.141. The Labute approximate surface area is 205 Å². The Kier molecular flexibility index (Phi) is 8.76. The number of sulfonamides is 1. The van der Waals surface area contributed by atoms with Crippen molar-refractivity contribution in [2.24, 2.45) is 5.73 Å². The molecule has 0 unspecified atom stereocenters. The van der Waals surface area contributed by atoms with Gasteiger partial charge in [-0.25, -0.2) is 8.42 Å². The number of piperazine rings is 1. The van der Waals surface area contributed by atoms with Gasteiger partial charge in [0.2, 0.25) is 21.8 Å². The van der Waals surface area contributed by atoms with Gasteiger partial charge in [0, 0.05) is 50.6 Å². The number of nitrogens with one attached hydrogen (secondary N) is 2. The Bertz CT molecular complexity index is 1100. The number of carbonyl (C=O) groups excluding carboxylic acids is 2. The van der Waals surface area contributed by atoms with E-state index in [4.69, 9.17) is 17.3 Å². The van der Waals surface area contributed by atoms with Crippen LogP contribution >= 0.6 is 11.6 Å². The van der Waals surface area contributed by atoms with Crippen LogP contribution in [0.2, 0.25) is 5.02 Å². The molecule has 2 aromatic carbocycles. The van der Waals surface area contributed by atoms with E-state index >= 15 is 0 Å². The van der Waals surface area contributed by atoms with Gasteiger partial charge in [-0.05, 0) is 29.8 Å². The maximum Gasteiger partial charge on any atom is 0.245 e. The Hall–Kier alpha value is -2.82. The Balaban J connectivity index is 1.69. The smallest absolute Gasteiger partial charge is 0.245 e. The van der Waals surface area contributed by atoms with E-state index in [0.717, 1.165) is 17.5 Å². The summed E-state index contributed by atoms with van der Waals surface area (Å²) in [5.41, 5.74) is 7.64. The molecule has 2 amide bonds. The first-order valence-corrected chi connectivity index (χ1v) is 13.3. The van der Waals surface area contributed by atoms with E-state index in [9.17, 15) is 18.0 Å². The summed E-state index contributed by atoms with van der Waals surface area (Å²) in [6.45, 7) is 2.14. The average molecular weight is 508 g/mol. The van der Waals surface area contributed by atoms with Gasteiger partial charge in [-0.1, -0.05) is 35.9 Å². The molecular weight excluding hydrogens is 478 g/mol. The number of rotatable bonds is 9. The molecule has 4 N–H and O–H groups in total. The molecule has 0 saturated carbocycles. The monoisotopic (exact) mass is 507 g/mol. The van der Waals surface area contributed by atoms with Crippen LogP contribution in [0, 0.1) is 0 Å². The van der Waals surface area contributed by atoms with Crippen LogP contribution in [-0.2, 0) is 26.0 Å². The minimum Gasteiger partial charge on any atom is -0.366 e. The van der Waals surface area contributed by atoms with E-state index in [1.54, 1.807) is 29.2 Å². The molecule has 3 rings (SSSR count). The Morgan fingerprint density at radius 2 is 1.71 bits per heavy atom. The van der Waals surface area contributed by atoms with E-state index in [1.165, 1.54) is 0 Å². The van der Waals surface area contributed by atoms with Crippen LogP contribution in [0.3, 0.4) is 0 Å². The topological polar surface area (TPSA) is 125 Å². The summed E-state index contributed by atoms with van der Waals surface area (Å²) in [4.78, 5) is 29.3. The maximum absolute atomic E-state index is 13.4. The summed E-state index contributed by atoms with van der Waals surface area (Å²) in [6.07, 6.45) is 1.59. The summed E-state index contributed by atoms with van der Waals surface area (Å²) in [7, 11) is -3.42. The van der Waals surface area contributed by atoms with Crippen LogP contribution in [0.5, 0.6) is 0 Å². The number of carbonyl (C=O) groups is 2. The van der Waals surface area contributed by atoms with Gasteiger partial charge < -0.3 is 20.9 Å². The number of nitrogens with zero attached hydrogens (tertiary/aromatic N) is 2. The number of anilines is 2. The fourth-order valence-corrected chi connectivity index (χ4v) is 4.58. The molecule has 0 radical (unpaired) electrons. The standard InChI is InChI=1S/C23H30ClN5O4S/c1-34(32,33)27-19-4-2-3-5-21(19)28-12-14-29(15-13-28)23(31)20(26-22(30)10-11-25)16-17-6-8-18(24)9-7-17/h2-9,20,27H,10-16,25H2,1H3,(H,26,30)/t20-/m1/s1. The maximum atomic E-state index is 13.4. The van der Waals surface area contributed by atoms with Crippen molar-refractivity contribution < 1.29 is 18.0 Å². The van der Waals surface area contributed by atoms with Gasteiger partial charge in [0.15, 0.2) is 0 Å². The van der Waals surface area contributed by atoms with Crippen molar-refractivity contribution in [2.75, 3.05) is 48.6 Å². The van der Waals surface area contributed by atoms with Crippen LogP contribution < -0.4 is 20.7 Å². The second-order valence-electron chi connectivity index (χ2n) is 8.19. The quantitative estimate of drug-likeness (QED) is 0.471. The Morgan fingerprint density at radius 1 is 1.06 bits per heavy atom. The van der Waals surface area contributed by atoms with Gasteiger partial charge in [0.05, 0.1) is 17.6 Å². The summed E-state index contributed by atoms with van der Waals surface area (Å²) in [5, 5.41) is 3.42. The molecule has 1 aliphatic rings. The molecule has 11 heteroatoms. The van der Waals surface area contributed by atoms with Crippen molar-refractivity contribution in [3.05, 3.63) is 59.1 Å². The SMILES string of the molecule is CS(=O)(=O)Nc1ccccc1N1CCN(C(=O)[C@@H](Cc2ccc(Cl)cc2)NC(=O)CCN)CC1. The molecular formula is C23H30ClN5O4S. The van der Waals surface area contributed by atoms with E-state index in [2.05, 4.69) is 10.0 Å². The number of nitrogens with two attached hydrogens (primary N) is 1. The fourth-order valence-electron chi connectivity index (χ4n) is 3.88. The lowest BCUT2D eigenvalue weighted by molar-refractivity contribution is -0.136. The zero-order valence-electron chi connectivity index (χ0n) is 19.0. The molecule has 184 valence electrons. The third kappa shape index (κ3) is 7.34. The second kappa shape index (κ2) is 11.5. The van der Waals surface area contributed by atoms with E-state index in [1.807, 2.05) is 29.2 Å². The number of amides is 2. The van der Waals surface area contributed by atoms with Crippen LogP contribution in [-0.4, -0.2) is 70.2 Å². The molecule has 9 nitrogen and oxygen atoms in total. The average Bonchev–Trinajstić information content (AvgIpc) is 2.79. The van der Waals surface area contributed by atoms with Crippen molar-refractivity contribution in [2.45, 2.75) is 18.9 Å². The highest BCUT2D eigenvalue weighted by atomic mass is 35.5. The van der Waals surface area contributed by atoms with Gasteiger partial charge in [-0.15, -0.1) is 0 Å². The first-order chi connectivity index (χ1) is 16.2. The van der Waals surface area contributed by atoms with E-state index < -0.39 is 16.1 Å². The van der Waals surface area contributed by atoms with Gasteiger partial charge in [-0.2, -0.15) is 0 Å². The first-order valence-electron chi connectivity index (χ1n) is 11.0. The van der Waals surface area contributed by atoms with Crippen molar-refractivity contribution in [3.8, 4) is 0 Å². The highest BCUT2D eigenvalue weighted by molar-refractivity contribution is 7.92. The number of hydrogen-bond acceptors (Lipinski definition) is 6. The largest absolute Gasteiger partial charge is 0.366 e. The summed E-state index contributed by atoms with van der Waals surface area (Å²) < 4.78 is 26.0. The molecule has 1 aliphatic heterocycles. The van der Waals surface area contributed by atoms with Gasteiger partial charge in [-0.3, -0.25) is 14.3 Å². The minimum atomic E-state index is -3.42. The molecule has 2 aromatic rings. The van der Waals surface area contributed by atoms with E-state index in [-0.39, 0.29) is 24.8 Å². The predicted molar refractivity (Wildman–Crippen MR) is 134 cm³/mol. The number of hydrogen-bond donors (Lipinski definition) is 3. The van der Waals surface area contributed by atoms with Crippen molar-refractivity contribution in [1.29, 1.82) is 0 Å². The molecule has 34 heavy (non-hydrogen) atoms. The highest BCUT2D eigenvalue weighted by Gasteiger charge is 2.29. The van der Waals surface area contributed by atoms with Gasteiger partial charge in [0.25, 0.3) is 0 Å². The second-order valence-corrected chi connectivity index (χ2v) is 10.4. The molecule has 0 aromatic heterocycles. The lowest BCUT2D eigenvalue weighted by Gasteiger charge is -2.38. The predicted octanol–water partition coefficient (Wildman–Crippen LogP) is 1.44. The van der Waals surface area contributed by atoms with Gasteiger partial charge >= 0.3 is 0 Å². The molecule has 0 spiro atoms. The fraction of sp³-hybridized carbons (Fsp3) is 0.391. The lowest BCUT2D eigenvalue weighted by Crippen LogP contribution is -2.55. The molecule has 0 bridgehead atoms. The normalized spacial score (nSPS) is 15.0. The zero-order chi connectivity index (χ0) is 24.7. The van der Waals surface area contributed by atoms with Crippen molar-refractivity contribution in [3.63, 3.8) is 0 Å². The Morgan fingerprint density at radius 3 is 2.32 bits per heavy atom. The van der Waals surface area contributed by atoms with Crippen LogP contribution in [0.4, 0.5) is 11.4 Å². The third-order valence-corrected chi connectivity index (χ3v) is 6.33. The van der Waals surface area contributed by atoms with E-state index in [0.29, 0.717) is 43.3 Å². The van der Waals surface area contributed by atoms with Gasteiger partial charge in [0.1, 0.15) is 6.04 Å². The molecule has 1 saturated heterocycles. The first kappa shape index (κ1) is 25.8. The molecule has 0 aliphatic carbocycles. The molecule has 1 atom stereocenters. The van der Waals surface area contributed by atoms with Crippen LogP contribution in [0.15, 0.2) is 48.5 Å². The number of halogens is 1.